The lowest BCUT2D eigenvalue weighted by atomic mass is 10.2. The summed E-state index contributed by atoms with van der Waals surface area (Å²) in [6, 6.07) is 7.14. The Morgan fingerprint density at radius 2 is 2.19 bits per heavy atom. The van der Waals surface area contributed by atoms with Gasteiger partial charge in [0.1, 0.15) is 0 Å². The Kier molecular flexibility index (Phi) is 2.16. The number of hydrogen-bond acceptors (Lipinski definition) is 2. The maximum atomic E-state index is 5.42. The van der Waals surface area contributed by atoms with E-state index in [2.05, 4.69) is 46.9 Å². The number of H-pyrrole nitrogens is 1. The highest BCUT2D eigenvalue weighted by atomic mass is 32.1. The van der Waals surface area contributed by atoms with E-state index < -0.39 is 0 Å². The molecule has 4 heteroatoms. The van der Waals surface area contributed by atoms with Crippen LogP contribution in [0.25, 0.3) is 11.0 Å². The fourth-order valence-electron chi connectivity index (χ4n) is 2.45. The molecule has 0 unspecified atom stereocenters. The molecule has 16 heavy (non-hydrogen) atoms. The van der Waals surface area contributed by atoms with Crippen LogP contribution in [-0.2, 0) is 6.54 Å². The summed E-state index contributed by atoms with van der Waals surface area (Å²) in [6.07, 6.45) is 0. The van der Waals surface area contributed by atoms with Gasteiger partial charge in [-0.15, -0.1) is 0 Å². The third-order valence-corrected chi connectivity index (χ3v) is 3.87. The van der Waals surface area contributed by atoms with E-state index in [-0.39, 0.29) is 0 Å². The second kappa shape index (κ2) is 3.43. The van der Waals surface area contributed by atoms with Crippen LogP contribution in [0, 0.1) is 4.77 Å². The van der Waals surface area contributed by atoms with Crippen molar-refractivity contribution >= 4 is 23.3 Å². The van der Waals surface area contributed by atoms with E-state index in [4.69, 9.17) is 12.2 Å². The van der Waals surface area contributed by atoms with Gasteiger partial charge in [-0.3, -0.25) is 0 Å². The predicted octanol–water partition coefficient (Wildman–Crippen LogP) is 2.75. The van der Waals surface area contributed by atoms with Crippen molar-refractivity contribution in [2.24, 2.45) is 0 Å². The molecular formula is C12H15N3S. The van der Waals surface area contributed by atoms with Gasteiger partial charge in [0.15, 0.2) is 4.77 Å². The Morgan fingerprint density at radius 3 is 3.00 bits per heavy atom. The summed E-state index contributed by atoms with van der Waals surface area (Å²) in [5.41, 5.74) is 3.73. The number of aromatic nitrogens is 2. The minimum absolute atomic E-state index is 0.380. The van der Waals surface area contributed by atoms with E-state index in [0.717, 1.165) is 16.8 Å². The van der Waals surface area contributed by atoms with Crippen molar-refractivity contribution in [2.45, 2.75) is 32.5 Å². The smallest absolute Gasteiger partial charge is 0.178 e. The van der Waals surface area contributed by atoms with Crippen LogP contribution in [0.1, 0.15) is 25.5 Å². The van der Waals surface area contributed by atoms with Crippen molar-refractivity contribution in [3.05, 3.63) is 28.5 Å². The Hall–Kier alpha value is -1.13. The third kappa shape index (κ3) is 1.26. The van der Waals surface area contributed by atoms with E-state index in [1.807, 2.05) is 0 Å². The van der Waals surface area contributed by atoms with Crippen LogP contribution in [0.4, 0.5) is 0 Å². The van der Waals surface area contributed by atoms with Gasteiger partial charge in [-0.05, 0) is 37.7 Å². The zero-order valence-electron chi connectivity index (χ0n) is 9.45. The summed E-state index contributed by atoms with van der Waals surface area (Å²) < 4.78 is 3.07. The first-order valence-electron chi connectivity index (χ1n) is 5.64. The monoisotopic (exact) mass is 233 g/mol. The summed E-state index contributed by atoms with van der Waals surface area (Å²) in [6.45, 7) is 5.33. The second-order valence-electron chi connectivity index (χ2n) is 4.52. The van der Waals surface area contributed by atoms with Crippen LogP contribution >= 0.6 is 12.2 Å². The first-order chi connectivity index (χ1) is 7.68. The van der Waals surface area contributed by atoms with Gasteiger partial charge in [0.2, 0.25) is 0 Å². The normalized spacial score (nSPS) is 24.6. The zero-order valence-corrected chi connectivity index (χ0v) is 10.3. The van der Waals surface area contributed by atoms with Gasteiger partial charge in [-0.25, -0.2) is 0 Å². The highest BCUT2D eigenvalue weighted by Gasteiger charge is 2.22. The molecule has 0 radical (unpaired) electrons. The fraction of sp³-hybridized carbons (Fsp3) is 0.417. The van der Waals surface area contributed by atoms with Crippen LogP contribution in [0.2, 0.25) is 0 Å². The first-order valence-corrected chi connectivity index (χ1v) is 6.05. The molecule has 0 saturated heterocycles. The Labute approximate surface area is 99.5 Å². The molecule has 1 aliphatic heterocycles. The molecule has 0 bridgehead atoms. The van der Waals surface area contributed by atoms with Crippen molar-refractivity contribution in [1.29, 1.82) is 0 Å². The topological polar surface area (TPSA) is 32.8 Å². The van der Waals surface area contributed by atoms with E-state index in [1.54, 1.807) is 0 Å². The molecule has 2 heterocycles. The molecular weight excluding hydrogens is 218 g/mol. The predicted molar refractivity (Wildman–Crippen MR) is 68.1 cm³/mol. The van der Waals surface area contributed by atoms with Crippen LogP contribution < -0.4 is 5.32 Å². The van der Waals surface area contributed by atoms with Gasteiger partial charge in [0.05, 0.1) is 11.0 Å². The minimum atomic E-state index is 0.380. The molecule has 0 fully saturated rings. The quantitative estimate of drug-likeness (QED) is 0.686. The third-order valence-electron chi connectivity index (χ3n) is 3.57. The standard InChI is InChI=1S/C12H15N3S/c1-7-8(2)15-11-9(6-13-7)4-3-5-10(11)14-12(15)16/h3-5,7-8,13H,6H2,1-2H3,(H,14,16)/t7-,8-/m0/s1. The first kappa shape index (κ1) is 10.1. The Balaban J connectivity index is 2.43. The molecule has 0 amide bonds. The number of benzene rings is 1. The lowest BCUT2D eigenvalue weighted by molar-refractivity contribution is 0.406. The summed E-state index contributed by atoms with van der Waals surface area (Å²) in [5, 5.41) is 3.53. The summed E-state index contributed by atoms with van der Waals surface area (Å²) in [5.74, 6) is 0. The maximum Gasteiger partial charge on any atom is 0.178 e. The highest BCUT2D eigenvalue weighted by Crippen LogP contribution is 2.27. The number of imidazole rings is 1. The van der Waals surface area contributed by atoms with Crippen molar-refractivity contribution in [1.82, 2.24) is 14.9 Å². The molecule has 0 spiro atoms. The molecule has 2 aromatic rings. The van der Waals surface area contributed by atoms with Crippen molar-refractivity contribution < 1.29 is 0 Å². The van der Waals surface area contributed by atoms with Crippen molar-refractivity contribution in [3.8, 4) is 0 Å². The van der Waals surface area contributed by atoms with Gasteiger partial charge in [0, 0.05) is 18.6 Å². The lowest BCUT2D eigenvalue weighted by Gasteiger charge is -2.19. The van der Waals surface area contributed by atoms with E-state index in [9.17, 15) is 0 Å². The molecule has 2 N–H and O–H groups in total. The fourth-order valence-corrected chi connectivity index (χ4v) is 2.82. The van der Waals surface area contributed by atoms with Crippen LogP contribution in [0.5, 0.6) is 0 Å². The van der Waals surface area contributed by atoms with Crippen molar-refractivity contribution in [2.75, 3.05) is 0 Å². The van der Waals surface area contributed by atoms with Crippen molar-refractivity contribution in [3.63, 3.8) is 0 Å². The van der Waals surface area contributed by atoms with Gasteiger partial charge in [-0.1, -0.05) is 12.1 Å². The molecule has 1 aromatic heterocycles. The molecule has 84 valence electrons. The number of para-hydroxylation sites is 1. The number of aromatic amines is 1. The van der Waals surface area contributed by atoms with Gasteiger partial charge >= 0.3 is 0 Å². The molecule has 2 atom stereocenters. The second-order valence-corrected chi connectivity index (χ2v) is 4.91. The molecule has 3 rings (SSSR count). The SMILES string of the molecule is C[C@@H]1NCc2cccc3[nH]c(=S)n(c23)[C@H]1C. The lowest BCUT2D eigenvalue weighted by Crippen LogP contribution is -2.30. The molecule has 3 nitrogen and oxygen atoms in total. The zero-order chi connectivity index (χ0) is 11.3. The van der Waals surface area contributed by atoms with Gasteiger partial charge in [-0.2, -0.15) is 0 Å². The molecule has 1 aliphatic rings. The summed E-state index contributed by atoms with van der Waals surface area (Å²) in [7, 11) is 0. The molecule has 1 aromatic carbocycles. The minimum Gasteiger partial charge on any atom is -0.331 e. The number of hydrogen-bond donors (Lipinski definition) is 2. The van der Waals surface area contributed by atoms with Gasteiger partial charge < -0.3 is 14.9 Å². The molecule has 0 aliphatic carbocycles. The van der Waals surface area contributed by atoms with E-state index >= 15 is 0 Å². The average Bonchev–Trinajstić information content (AvgIpc) is 2.54. The van der Waals surface area contributed by atoms with Crippen LogP contribution in [0.3, 0.4) is 0 Å². The Morgan fingerprint density at radius 1 is 1.38 bits per heavy atom. The van der Waals surface area contributed by atoms with Crippen LogP contribution in [-0.4, -0.2) is 15.6 Å². The Bertz CT molecular complexity index is 596. The summed E-state index contributed by atoms with van der Waals surface area (Å²) >= 11 is 5.42. The number of nitrogens with one attached hydrogen (secondary N) is 2. The largest absolute Gasteiger partial charge is 0.331 e. The average molecular weight is 233 g/mol. The maximum absolute atomic E-state index is 5.42. The highest BCUT2D eigenvalue weighted by molar-refractivity contribution is 7.71. The van der Waals surface area contributed by atoms with Crippen LogP contribution in [0.15, 0.2) is 18.2 Å². The summed E-state index contributed by atoms with van der Waals surface area (Å²) in [4.78, 5) is 3.29. The molecule has 0 saturated carbocycles. The van der Waals surface area contributed by atoms with E-state index in [0.29, 0.717) is 12.1 Å². The number of rotatable bonds is 0. The van der Waals surface area contributed by atoms with E-state index in [1.165, 1.54) is 11.1 Å². The number of nitrogens with zero attached hydrogens (tertiary/aromatic N) is 1. The van der Waals surface area contributed by atoms with Gasteiger partial charge in [0.25, 0.3) is 0 Å².